The Bertz CT molecular complexity index is 891. The van der Waals surface area contributed by atoms with E-state index < -0.39 is 0 Å². The van der Waals surface area contributed by atoms with Gasteiger partial charge in [0.25, 0.3) is 5.91 Å². The maximum Gasteiger partial charge on any atom is 0.264 e. The second kappa shape index (κ2) is 7.80. The smallest absolute Gasteiger partial charge is 0.264 e. The molecule has 0 spiro atoms. The highest BCUT2D eigenvalue weighted by Crippen LogP contribution is 2.31. The first kappa shape index (κ1) is 17.6. The highest BCUT2D eigenvalue weighted by Gasteiger charge is 2.12. The summed E-state index contributed by atoms with van der Waals surface area (Å²) in [5.74, 6) is 0.489. The quantitative estimate of drug-likeness (QED) is 0.620. The van der Waals surface area contributed by atoms with Crippen LogP contribution in [-0.4, -0.2) is 17.5 Å². The summed E-state index contributed by atoms with van der Waals surface area (Å²) in [5.41, 5.74) is 2.90. The first-order chi connectivity index (χ1) is 12.0. The van der Waals surface area contributed by atoms with E-state index in [2.05, 4.69) is 26.2 Å². The van der Waals surface area contributed by atoms with Crippen LogP contribution < -0.4 is 10.1 Å². The summed E-state index contributed by atoms with van der Waals surface area (Å²) < 4.78 is 6.58. The third kappa shape index (κ3) is 4.46. The molecule has 1 N–H and O–H groups in total. The maximum atomic E-state index is 12.1. The van der Waals surface area contributed by atoms with Gasteiger partial charge < -0.3 is 4.74 Å². The molecule has 3 rings (SSSR count). The van der Waals surface area contributed by atoms with Crippen molar-refractivity contribution in [3.05, 3.63) is 63.4 Å². The summed E-state index contributed by atoms with van der Waals surface area (Å²) in [7, 11) is 0. The van der Waals surface area contributed by atoms with Gasteiger partial charge in [0.2, 0.25) is 0 Å². The van der Waals surface area contributed by atoms with Crippen LogP contribution in [0.5, 0.6) is 5.75 Å². The topological polar surface area (TPSA) is 51.2 Å². The molecule has 6 heteroatoms. The molecule has 25 heavy (non-hydrogen) atoms. The van der Waals surface area contributed by atoms with Gasteiger partial charge in [0.1, 0.15) is 5.75 Å². The zero-order valence-corrected chi connectivity index (χ0v) is 16.3. The molecule has 3 aromatic rings. The van der Waals surface area contributed by atoms with Crippen LogP contribution >= 0.6 is 27.3 Å². The monoisotopic (exact) mass is 416 g/mol. The molecule has 128 valence electrons. The van der Waals surface area contributed by atoms with Crippen molar-refractivity contribution in [1.29, 1.82) is 0 Å². The van der Waals surface area contributed by atoms with Crippen LogP contribution in [0.3, 0.4) is 0 Å². The number of hydrogen-bond acceptors (Lipinski definition) is 4. The summed E-state index contributed by atoms with van der Waals surface area (Å²) in [5, 5.41) is 3.39. The second-order valence-electron chi connectivity index (χ2n) is 5.53. The molecule has 0 fully saturated rings. The van der Waals surface area contributed by atoms with Crippen LogP contribution in [0.15, 0.2) is 53.0 Å². The van der Waals surface area contributed by atoms with Crippen LogP contribution in [0.1, 0.15) is 10.4 Å². The number of amides is 1. The Kier molecular flexibility index (Phi) is 5.50. The van der Waals surface area contributed by atoms with E-state index in [1.165, 1.54) is 11.3 Å². The summed E-state index contributed by atoms with van der Waals surface area (Å²) in [6.45, 7) is 3.90. The van der Waals surface area contributed by atoms with Gasteiger partial charge in [0, 0.05) is 14.9 Å². The van der Waals surface area contributed by atoms with E-state index in [9.17, 15) is 4.79 Å². The number of aromatic nitrogens is 1. The van der Waals surface area contributed by atoms with E-state index in [1.54, 1.807) is 0 Å². The van der Waals surface area contributed by atoms with E-state index in [1.807, 2.05) is 62.4 Å². The van der Waals surface area contributed by atoms with Crippen LogP contribution in [0.2, 0.25) is 0 Å². The molecule has 1 aromatic heterocycles. The molecular weight excluding hydrogens is 400 g/mol. The third-order valence-electron chi connectivity index (χ3n) is 3.61. The number of nitrogens with one attached hydrogen (secondary N) is 1. The number of carbonyl (C=O) groups excluding carboxylic acids is 1. The molecule has 1 amide bonds. The molecule has 0 unspecified atom stereocenters. The molecule has 2 aromatic carbocycles. The molecule has 0 atom stereocenters. The van der Waals surface area contributed by atoms with E-state index >= 15 is 0 Å². The fourth-order valence-electron chi connectivity index (χ4n) is 2.34. The van der Waals surface area contributed by atoms with Crippen molar-refractivity contribution in [2.45, 2.75) is 13.8 Å². The average molecular weight is 417 g/mol. The standard InChI is InChI=1S/C19H17BrN2O2S/c1-12-5-3-4-6-16(12)24-11-17(23)21-19-22-18(13(2)25-19)14-7-9-15(20)10-8-14/h3-10H,11H2,1-2H3,(H,21,22,23). The Labute approximate surface area is 159 Å². The average Bonchev–Trinajstić information content (AvgIpc) is 2.95. The van der Waals surface area contributed by atoms with Gasteiger partial charge in [-0.15, -0.1) is 11.3 Å². The molecule has 0 radical (unpaired) electrons. The number of thiazole rings is 1. The maximum absolute atomic E-state index is 12.1. The molecule has 0 aliphatic rings. The van der Waals surface area contributed by atoms with Gasteiger partial charge in [-0.3, -0.25) is 10.1 Å². The minimum Gasteiger partial charge on any atom is -0.483 e. The first-order valence-corrected chi connectivity index (χ1v) is 9.35. The van der Waals surface area contributed by atoms with Crippen LogP contribution in [-0.2, 0) is 4.79 Å². The Morgan fingerprint density at radius 1 is 1.16 bits per heavy atom. The predicted molar refractivity (Wildman–Crippen MR) is 105 cm³/mol. The third-order valence-corrected chi connectivity index (χ3v) is 5.03. The lowest BCUT2D eigenvalue weighted by atomic mass is 10.1. The molecule has 0 saturated heterocycles. The van der Waals surface area contributed by atoms with Crippen molar-refractivity contribution in [3.63, 3.8) is 0 Å². The number of aryl methyl sites for hydroxylation is 2. The molecular formula is C19H17BrN2O2S. The van der Waals surface area contributed by atoms with Gasteiger partial charge in [-0.05, 0) is 37.6 Å². The Hall–Kier alpha value is -2.18. The van der Waals surface area contributed by atoms with Crippen LogP contribution in [0.4, 0.5) is 5.13 Å². The molecule has 0 saturated carbocycles. The van der Waals surface area contributed by atoms with Gasteiger partial charge in [-0.2, -0.15) is 0 Å². The number of carbonyl (C=O) groups is 1. The number of para-hydroxylation sites is 1. The molecule has 0 aliphatic heterocycles. The van der Waals surface area contributed by atoms with E-state index in [0.717, 1.165) is 26.2 Å². The summed E-state index contributed by atoms with van der Waals surface area (Å²) in [6, 6.07) is 15.6. The molecule has 0 aliphatic carbocycles. The molecule has 4 nitrogen and oxygen atoms in total. The summed E-state index contributed by atoms with van der Waals surface area (Å²) >= 11 is 4.88. The fraction of sp³-hybridized carbons (Fsp3) is 0.158. The minimum absolute atomic E-state index is 0.0445. The Morgan fingerprint density at radius 2 is 1.88 bits per heavy atom. The van der Waals surface area contributed by atoms with Gasteiger partial charge in [0.15, 0.2) is 11.7 Å². The largest absolute Gasteiger partial charge is 0.483 e. The van der Waals surface area contributed by atoms with E-state index in [0.29, 0.717) is 10.9 Å². The first-order valence-electron chi connectivity index (χ1n) is 7.74. The van der Waals surface area contributed by atoms with Crippen LogP contribution in [0, 0.1) is 13.8 Å². The second-order valence-corrected chi connectivity index (χ2v) is 7.65. The zero-order valence-electron chi connectivity index (χ0n) is 13.9. The fourth-order valence-corrected chi connectivity index (χ4v) is 3.46. The zero-order chi connectivity index (χ0) is 17.8. The van der Waals surface area contributed by atoms with E-state index in [4.69, 9.17) is 4.74 Å². The highest BCUT2D eigenvalue weighted by molar-refractivity contribution is 9.10. The van der Waals surface area contributed by atoms with Gasteiger partial charge in [-0.1, -0.05) is 46.3 Å². The van der Waals surface area contributed by atoms with Gasteiger partial charge in [0.05, 0.1) is 5.69 Å². The number of hydrogen-bond donors (Lipinski definition) is 1. The van der Waals surface area contributed by atoms with Crippen molar-refractivity contribution >= 4 is 38.3 Å². The number of rotatable bonds is 5. The van der Waals surface area contributed by atoms with Gasteiger partial charge >= 0.3 is 0 Å². The number of nitrogens with zero attached hydrogens (tertiary/aromatic N) is 1. The van der Waals surface area contributed by atoms with Crippen LogP contribution in [0.25, 0.3) is 11.3 Å². The minimum atomic E-state index is -0.223. The SMILES string of the molecule is Cc1ccccc1OCC(=O)Nc1nc(-c2ccc(Br)cc2)c(C)s1. The molecule has 0 bridgehead atoms. The lowest BCUT2D eigenvalue weighted by Gasteiger charge is -2.08. The summed E-state index contributed by atoms with van der Waals surface area (Å²) in [6.07, 6.45) is 0. The molecule has 1 heterocycles. The van der Waals surface area contributed by atoms with Crippen molar-refractivity contribution < 1.29 is 9.53 Å². The van der Waals surface area contributed by atoms with Crippen molar-refractivity contribution in [2.75, 3.05) is 11.9 Å². The van der Waals surface area contributed by atoms with Crippen molar-refractivity contribution in [1.82, 2.24) is 4.98 Å². The number of ether oxygens (including phenoxy) is 1. The van der Waals surface area contributed by atoms with Gasteiger partial charge in [-0.25, -0.2) is 4.98 Å². The normalized spacial score (nSPS) is 10.5. The highest BCUT2D eigenvalue weighted by atomic mass is 79.9. The Morgan fingerprint density at radius 3 is 2.60 bits per heavy atom. The van der Waals surface area contributed by atoms with Crippen molar-refractivity contribution in [2.24, 2.45) is 0 Å². The predicted octanol–water partition coefficient (Wildman–Crippen LogP) is 5.21. The summed E-state index contributed by atoms with van der Waals surface area (Å²) in [4.78, 5) is 17.7. The Balaban J connectivity index is 1.65. The van der Waals surface area contributed by atoms with E-state index in [-0.39, 0.29) is 12.5 Å². The lowest BCUT2D eigenvalue weighted by molar-refractivity contribution is -0.118. The number of halogens is 1. The lowest BCUT2D eigenvalue weighted by Crippen LogP contribution is -2.20. The number of benzene rings is 2. The van der Waals surface area contributed by atoms with Crippen molar-refractivity contribution in [3.8, 4) is 17.0 Å². The number of anilines is 1.